The number of hydrogen-bond donors (Lipinski definition) is 1. The van der Waals surface area contributed by atoms with Gasteiger partial charge in [-0.3, -0.25) is 4.79 Å². The maximum absolute atomic E-state index is 12.1. The van der Waals surface area contributed by atoms with Crippen LogP contribution in [0.3, 0.4) is 0 Å². The van der Waals surface area contributed by atoms with Crippen LogP contribution in [0, 0.1) is 0 Å². The standard InChI is InChI=1S/C17H23NO2/c1-13(2)12-20-16-9-7-14(8-10-16)17(19)11-18-15-5-3-4-6-15/h7-10,15,18H,1,3-6,11-12H2,2H3. The summed E-state index contributed by atoms with van der Waals surface area (Å²) in [6.45, 7) is 6.65. The molecular weight excluding hydrogens is 250 g/mol. The minimum Gasteiger partial charge on any atom is -0.489 e. The molecule has 0 amide bonds. The van der Waals surface area contributed by atoms with E-state index in [1.165, 1.54) is 25.7 Å². The van der Waals surface area contributed by atoms with E-state index in [0.29, 0.717) is 19.2 Å². The first-order valence-corrected chi connectivity index (χ1v) is 7.29. The molecule has 1 aromatic rings. The van der Waals surface area contributed by atoms with Crippen LogP contribution in [0.5, 0.6) is 5.75 Å². The van der Waals surface area contributed by atoms with Crippen molar-refractivity contribution in [3.63, 3.8) is 0 Å². The molecule has 1 aliphatic carbocycles. The Hall–Kier alpha value is -1.61. The Kier molecular flexibility index (Phi) is 5.36. The Labute approximate surface area is 121 Å². The second-order valence-corrected chi connectivity index (χ2v) is 5.56. The van der Waals surface area contributed by atoms with Gasteiger partial charge in [0.25, 0.3) is 0 Å². The summed E-state index contributed by atoms with van der Waals surface area (Å²) in [5.74, 6) is 0.914. The molecule has 1 aliphatic rings. The first-order valence-electron chi connectivity index (χ1n) is 7.29. The molecule has 0 aromatic heterocycles. The minimum atomic E-state index is 0.142. The summed E-state index contributed by atoms with van der Waals surface area (Å²) < 4.78 is 5.52. The van der Waals surface area contributed by atoms with E-state index in [4.69, 9.17) is 4.74 Å². The molecule has 108 valence electrons. The van der Waals surface area contributed by atoms with Gasteiger partial charge in [0, 0.05) is 11.6 Å². The SMILES string of the molecule is C=C(C)COc1ccc(C(=O)CNC2CCCC2)cc1. The number of ketones is 1. The van der Waals surface area contributed by atoms with E-state index in [0.717, 1.165) is 16.9 Å². The van der Waals surface area contributed by atoms with Gasteiger partial charge in [0.2, 0.25) is 0 Å². The number of nitrogens with one attached hydrogen (secondary N) is 1. The number of Topliss-reactive ketones (excluding diaryl/α,β-unsaturated/α-hetero) is 1. The monoisotopic (exact) mass is 273 g/mol. The fourth-order valence-electron chi connectivity index (χ4n) is 2.41. The first-order chi connectivity index (χ1) is 9.65. The van der Waals surface area contributed by atoms with Gasteiger partial charge in [0.1, 0.15) is 12.4 Å². The first kappa shape index (κ1) is 14.8. The number of carbonyl (C=O) groups is 1. The van der Waals surface area contributed by atoms with Gasteiger partial charge in [0.15, 0.2) is 5.78 Å². The molecule has 0 aliphatic heterocycles. The van der Waals surface area contributed by atoms with Crippen molar-refractivity contribution in [2.45, 2.75) is 38.6 Å². The third kappa shape index (κ3) is 4.49. The highest BCUT2D eigenvalue weighted by Gasteiger charge is 2.15. The molecule has 0 atom stereocenters. The predicted octanol–water partition coefficient (Wildman–Crippen LogP) is 3.36. The zero-order valence-electron chi connectivity index (χ0n) is 12.2. The molecule has 2 rings (SSSR count). The maximum Gasteiger partial charge on any atom is 0.176 e. The number of ether oxygens (including phenoxy) is 1. The highest BCUT2D eigenvalue weighted by molar-refractivity contribution is 5.97. The minimum absolute atomic E-state index is 0.142. The van der Waals surface area contributed by atoms with E-state index in [9.17, 15) is 4.79 Å². The van der Waals surface area contributed by atoms with E-state index in [1.54, 1.807) is 0 Å². The smallest absolute Gasteiger partial charge is 0.176 e. The highest BCUT2D eigenvalue weighted by atomic mass is 16.5. The third-order valence-corrected chi connectivity index (χ3v) is 3.57. The molecule has 1 fully saturated rings. The third-order valence-electron chi connectivity index (χ3n) is 3.57. The van der Waals surface area contributed by atoms with Crippen LogP contribution in [-0.4, -0.2) is 25.0 Å². The molecule has 0 unspecified atom stereocenters. The maximum atomic E-state index is 12.1. The second-order valence-electron chi connectivity index (χ2n) is 5.56. The number of hydrogen-bond acceptors (Lipinski definition) is 3. The highest BCUT2D eigenvalue weighted by Crippen LogP contribution is 2.18. The topological polar surface area (TPSA) is 38.3 Å². The van der Waals surface area contributed by atoms with Gasteiger partial charge in [-0.15, -0.1) is 0 Å². The molecule has 1 aromatic carbocycles. The van der Waals surface area contributed by atoms with Crippen molar-refractivity contribution < 1.29 is 9.53 Å². The lowest BCUT2D eigenvalue weighted by atomic mass is 10.1. The van der Waals surface area contributed by atoms with E-state index in [1.807, 2.05) is 31.2 Å². The van der Waals surface area contributed by atoms with Gasteiger partial charge in [-0.1, -0.05) is 19.4 Å². The summed E-state index contributed by atoms with van der Waals surface area (Å²) in [7, 11) is 0. The average Bonchev–Trinajstić information content (AvgIpc) is 2.96. The van der Waals surface area contributed by atoms with Crippen LogP contribution in [0.15, 0.2) is 36.4 Å². The molecule has 0 bridgehead atoms. The lowest BCUT2D eigenvalue weighted by molar-refractivity contribution is 0.0987. The summed E-state index contributed by atoms with van der Waals surface area (Å²) in [5, 5.41) is 3.34. The second kappa shape index (κ2) is 7.25. The van der Waals surface area contributed by atoms with Crippen molar-refractivity contribution in [1.82, 2.24) is 5.32 Å². The molecule has 1 N–H and O–H groups in total. The molecule has 0 saturated heterocycles. The summed E-state index contributed by atoms with van der Waals surface area (Å²) >= 11 is 0. The van der Waals surface area contributed by atoms with Crippen LogP contribution >= 0.6 is 0 Å². The molecule has 0 radical (unpaired) electrons. The largest absolute Gasteiger partial charge is 0.489 e. The average molecular weight is 273 g/mol. The fourth-order valence-corrected chi connectivity index (χ4v) is 2.41. The van der Waals surface area contributed by atoms with Crippen LogP contribution in [0.2, 0.25) is 0 Å². The molecule has 0 heterocycles. The van der Waals surface area contributed by atoms with Crippen molar-refractivity contribution in [2.24, 2.45) is 0 Å². The van der Waals surface area contributed by atoms with Crippen molar-refractivity contribution >= 4 is 5.78 Å². The van der Waals surface area contributed by atoms with Crippen molar-refractivity contribution in [2.75, 3.05) is 13.2 Å². The van der Waals surface area contributed by atoms with Crippen molar-refractivity contribution in [3.05, 3.63) is 42.0 Å². The summed E-state index contributed by atoms with van der Waals surface area (Å²) in [4.78, 5) is 12.1. The van der Waals surface area contributed by atoms with Gasteiger partial charge in [0.05, 0.1) is 6.54 Å². The van der Waals surface area contributed by atoms with Crippen molar-refractivity contribution in [1.29, 1.82) is 0 Å². The molecule has 3 heteroatoms. The normalized spacial score (nSPS) is 15.2. The fraction of sp³-hybridized carbons (Fsp3) is 0.471. The zero-order valence-corrected chi connectivity index (χ0v) is 12.2. The molecule has 1 saturated carbocycles. The number of carbonyl (C=O) groups excluding carboxylic acids is 1. The Morgan fingerprint density at radius 2 is 1.95 bits per heavy atom. The van der Waals surface area contributed by atoms with Crippen LogP contribution in [0.25, 0.3) is 0 Å². The van der Waals surface area contributed by atoms with Crippen LogP contribution in [-0.2, 0) is 0 Å². The predicted molar refractivity (Wildman–Crippen MR) is 81.3 cm³/mol. The molecule has 0 spiro atoms. The Morgan fingerprint density at radius 3 is 2.55 bits per heavy atom. The van der Waals surface area contributed by atoms with Crippen LogP contribution in [0.1, 0.15) is 43.0 Å². The van der Waals surface area contributed by atoms with Crippen LogP contribution in [0.4, 0.5) is 0 Å². The van der Waals surface area contributed by atoms with E-state index in [-0.39, 0.29) is 5.78 Å². The van der Waals surface area contributed by atoms with Crippen LogP contribution < -0.4 is 10.1 Å². The van der Waals surface area contributed by atoms with E-state index < -0.39 is 0 Å². The van der Waals surface area contributed by atoms with Gasteiger partial charge < -0.3 is 10.1 Å². The van der Waals surface area contributed by atoms with Gasteiger partial charge in [-0.2, -0.15) is 0 Å². The Balaban J connectivity index is 1.81. The van der Waals surface area contributed by atoms with Crippen molar-refractivity contribution in [3.8, 4) is 5.75 Å². The van der Waals surface area contributed by atoms with Gasteiger partial charge >= 0.3 is 0 Å². The summed E-state index contributed by atoms with van der Waals surface area (Å²) in [5.41, 5.74) is 1.71. The Morgan fingerprint density at radius 1 is 1.30 bits per heavy atom. The number of rotatable bonds is 7. The quantitative estimate of drug-likeness (QED) is 0.611. The summed E-state index contributed by atoms with van der Waals surface area (Å²) in [6, 6.07) is 7.85. The van der Waals surface area contributed by atoms with Gasteiger partial charge in [-0.05, 0) is 49.6 Å². The summed E-state index contributed by atoms with van der Waals surface area (Å²) in [6.07, 6.45) is 4.95. The lowest BCUT2D eigenvalue weighted by Crippen LogP contribution is -2.31. The Bertz CT molecular complexity index is 458. The molecular formula is C17H23NO2. The van der Waals surface area contributed by atoms with E-state index >= 15 is 0 Å². The van der Waals surface area contributed by atoms with E-state index in [2.05, 4.69) is 11.9 Å². The zero-order chi connectivity index (χ0) is 14.4. The molecule has 3 nitrogen and oxygen atoms in total. The lowest BCUT2D eigenvalue weighted by Gasteiger charge is -2.11. The molecule has 20 heavy (non-hydrogen) atoms. The van der Waals surface area contributed by atoms with Gasteiger partial charge in [-0.25, -0.2) is 0 Å². The number of benzene rings is 1.